The SMILES string of the molecule is COc1ccc(C)cc1S(=O)(=O)Nc1cc(N2CCCC2)ccc1C. The van der Waals surface area contributed by atoms with Crippen molar-refractivity contribution in [2.24, 2.45) is 0 Å². The first-order chi connectivity index (χ1) is 11.9. The van der Waals surface area contributed by atoms with Gasteiger partial charge in [0.25, 0.3) is 10.0 Å². The van der Waals surface area contributed by atoms with Crippen molar-refractivity contribution in [2.75, 3.05) is 29.8 Å². The van der Waals surface area contributed by atoms with Crippen LogP contribution < -0.4 is 14.4 Å². The molecule has 1 heterocycles. The quantitative estimate of drug-likeness (QED) is 0.883. The molecule has 0 aliphatic carbocycles. The third-order valence-electron chi connectivity index (χ3n) is 4.55. The van der Waals surface area contributed by atoms with E-state index in [1.54, 1.807) is 12.1 Å². The molecule has 6 heteroatoms. The Morgan fingerprint density at radius 3 is 2.44 bits per heavy atom. The molecule has 0 bridgehead atoms. The number of methoxy groups -OCH3 is 1. The molecule has 0 radical (unpaired) electrons. The Balaban J connectivity index is 1.95. The Bertz CT molecular complexity index is 872. The van der Waals surface area contributed by atoms with Crippen LogP contribution in [0.2, 0.25) is 0 Å². The fourth-order valence-electron chi connectivity index (χ4n) is 3.09. The normalized spacial score (nSPS) is 14.6. The van der Waals surface area contributed by atoms with E-state index in [-0.39, 0.29) is 4.90 Å². The van der Waals surface area contributed by atoms with Gasteiger partial charge in [-0.3, -0.25) is 4.72 Å². The van der Waals surface area contributed by atoms with E-state index in [1.807, 2.05) is 38.1 Å². The molecule has 1 saturated heterocycles. The van der Waals surface area contributed by atoms with Gasteiger partial charge in [0.05, 0.1) is 12.8 Å². The standard InChI is InChI=1S/C19H24N2O3S/c1-14-6-9-18(24-3)19(12-14)25(22,23)20-17-13-16(8-7-15(17)2)21-10-4-5-11-21/h6-9,12-13,20H,4-5,10-11H2,1-3H3. The van der Waals surface area contributed by atoms with Gasteiger partial charge >= 0.3 is 0 Å². The lowest BCUT2D eigenvalue weighted by Gasteiger charge is -2.20. The second-order valence-electron chi connectivity index (χ2n) is 6.45. The summed E-state index contributed by atoms with van der Waals surface area (Å²) in [6.07, 6.45) is 2.35. The number of nitrogens with zero attached hydrogens (tertiary/aromatic N) is 1. The molecule has 2 aromatic rings. The van der Waals surface area contributed by atoms with E-state index in [0.29, 0.717) is 11.4 Å². The summed E-state index contributed by atoms with van der Waals surface area (Å²) in [4.78, 5) is 2.44. The zero-order valence-corrected chi connectivity index (χ0v) is 15.7. The van der Waals surface area contributed by atoms with Crippen molar-refractivity contribution in [3.63, 3.8) is 0 Å². The first-order valence-corrected chi connectivity index (χ1v) is 9.92. The summed E-state index contributed by atoms with van der Waals surface area (Å²) in [6.45, 7) is 5.79. The molecule has 0 saturated carbocycles. The summed E-state index contributed by atoms with van der Waals surface area (Å²) in [5, 5.41) is 0. The Labute approximate surface area is 149 Å². The van der Waals surface area contributed by atoms with Crippen LogP contribution in [-0.2, 0) is 10.0 Å². The minimum atomic E-state index is -3.73. The lowest BCUT2D eigenvalue weighted by molar-refractivity contribution is 0.402. The maximum Gasteiger partial charge on any atom is 0.265 e. The molecule has 1 fully saturated rings. The van der Waals surface area contributed by atoms with Gasteiger partial charge < -0.3 is 9.64 Å². The molecule has 5 nitrogen and oxygen atoms in total. The lowest BCUT2D eigenvalue weighted by Crippen LogP contribution is -2.19. The summed E-state index contributed by atoms with van der Waals surface area (Å²) in [5.41, 5.74) is 3.41. The third-order valence-corrected chi connectivity index (χ3v) is 5.93. The molecule has 1 N–H and O–H groups in total. The van der Waals surface area contributed by atoms with Gasteiger partial charge in [-0.05, 0) is 62.1 Å². The van der Waals surface area contributed by atoms with Crippen molar-refractivity contribution in [1.82, 2.24) is 0 Å². The number of hydrogen-bond donors (Lipinski definition) is 1. The minimum absolute atomic E-state index is 0.154. The van der Waals surface area contributed by atoms with E-state index in [0.717, 1.165) is 29.9 Å². The maximum absolute atomic E-state index is 12.9. The summed E-state index contributed by atoms with van der Waals surface area (Å²) in [6, 6.07) is 11.1. The van der Waals surface area contributed by atoms with E-state index in [9.17, 15) is 8.42 Å². The van der Waals surface area contributed by atoms with E-state index in [1.165, 1.54) is 20.0 Å². The van der Waals surface area contributed by atoms with Gasteiger partial charge in [-0.2, -0.15) is 0 Å². The Morgan fingerprint density at radius 1 is 1.04 bits per heavy atom. The highest BCUT2D eigenvalue weighted by molar-refractivity contribution is 7.92. The first-order valence-electron chi connectivity index (χ1n) is 8.44. The van der Waals surface area contributed by atoms with Crippen molar-refractivity contribution in [2.45, 2.75) is 31.6 Å². The average molecular weight is 360 g/mol. The first kappa shape index (κ1) is 17.6. The van der Waals surface area contributed by atoms with Crippen LogP contribution in [0.25, 0.3) is 0 Å². The number of benzene rings is 2. The van der Waals surface area contributed by atoms with Gasteiger partial charge in [0, 0.05) is 18.8 Å². The summed E-state index contributed by atoms with van der Waals surface area (Å²) < 4.78 is 33.8. The molecule has 134 valence electrons. The molecule has 1 aliphatic heterocycles. The summed E-state index contributed by atoms with van der Waals surface area (Å²) in [5.74, 6) is 0.339. The van der Waals surface area contributed by atoms with Crippen LogP contribution in [0.4, 0.5) is 11.4 Å². The molecular weight excluding hydrogens is 336 g/mol. The summed E-state index contributed by atoms with van der Waals surface area (Å²) in [7, 11) is -2.26. The van der Waals surface area contributed by atoms with Crippen LogP contribution in [0.5, 0.6) is 5.75 Å². The highest BCUT2D eigenvalue weighted by atomic mass is 32.2. The minimum Gasteiger partial charge on any atom is -0.495 e. The van der Waals surface area contributed by atoms with Crippen molar-refractivity contribution >= 4 is 21.4 Å². The summed E-state index contributed by atoms with van der Waals surface area (Å²) >= 11 is 0. The van der Waals surface area contributed by atoms with E-state index < -0.39 is 10.0 Å². The zero-order valence-electron chi connectivity index (χ0n) is 14.9. The zero-order chi connectivity index (χ0) is 18.0. The second-order valence-corrected chi connectivity index (χ2v) is 8.10. The highest BCUT2D eigenvalue weighted by Crippen LogP contribution is 2.30. The van der Waals surface area contributed by atoms with Gasteiger partial charge in [0.1, 0.15) is 10.6 Å². The van der Waals surface area contributed by atoms with Crippen LogP contribution >= 0.6 is 0 Å². The van der Waals surface area contributed by atoms with Gasteiger partial charge in [-0.1, -0.05) is 12.1 Å². The number of ether oxygens (including phenoxy) is 1. The van der Waals surface area contributed by atoms with Gasteiger partial charge in [-0.15, -0.1) is 0 Å². The van der Waals surface area contributed by atoms with Crippen molar-refractivity contribution in [3.8, 4) is 5.75 Å². The van der Waals surface area contributed by atoms with Gasteiger partial charge in [-0.25, -0.2) is 8.42 Å². The van der Waals surface area contributed by atoms with Gasteiger partial charge in [0.2, 0.25) is 0 Å². The molecule has 0 aromatic heterocycles. The number of sulfonamides is 1. The second kappa shape index (κ2) is 6.96. The van der Waals surface area contributed by atoms with E-state index in [2.05, 4.69) is 9.62 Å². The molecule has 0 atom stereocenters. The molecule has 25 heavy (non-hydrogen) atoms. The number of nitrogens with one attached hydrogen (secondary N) is 1. The van der Waals surface area contributed by atoms with Gasteiger partial charge in [0.15, 0.2) is 0 Å². The molecular formula is C19H24N2O3S. The molecule has 2 aromatic carbocycles. The predicted octanol–water partition coefficient (Wildman–Crippen LogP) is 3.71. The van der Waals surface area contributed by atoms with Crippen LogP contribution in [0.1, 0.15) is 24.0 Å². The smallest absolute Gasteiger partial charge is 0.265 e. The van der Waals surface area contributed by atoms with Crippen LogP contribution in [0, 0.1) is 13.8 Å². The number of rotatable bonds is 5. The number of anilines is 2. The van der Waals surface area contributed by atoms with Crippen molar-refractivity contribution in [1.29, 1.82) is 0 Å². The maximum atomic E-state index is 12.9. The lowest BCUT2D eigenvalue weighted by atomic mass is 10.2. The Kier molecular flexibility index (Phi) is 4.90. The van der Waals surface area contributed by atoms with Crippen LogP contribution in [0.15, 0.2) is 41.3 Å². The molecule has 3 rings (SSSR count). The molecule has 0 spiro atoms. The topological polar surface area (TPSA) is 58.6 Å². The largest absolute Gasteiger partial charge is 0.495 e. The van der Waals surface area contributed by atoms with E-state index >= 15 is 0 Å². The Hall–Kier alpha value is -2.21. The molecule has 1 aliphatic rings. The fraction of sp³-hybridized carbons (Fsp3) is 0.368. The number of aryl methyl sites for hydroxylation is 2. The monoisotopic (exact) mass is 360 g/mol. The average Bonchev–Trinajstić information content (AvgIpc) is 3.11. The van der Waals surface area contributed by atoms with E-state index in [4.69, 9.17) is 4.74 Å². The molecule has 0 amide bonds. The third kappa shape index (κ3) is 3.74. The van der Waals surface area contributed by atoms with Crippen molar-refractivity contribution < 1.29 is 13.2 Å². The fourth-order valence-corrected chi connectivity index (χ4v) is 4.46. The highest BCUT2D eigenvalue weighted by Gasteiger charge is 2.21. The van der Waals surface area contributed by atoms with Crippen LogP contribution in [-0.4, -0.2) is 28.6 Å². The van der Waals surface area contributed by atoms with Crippen LogP contribution in [0.3, 0.4) is 0 Å². The Morgan fingerprint density at radius 2 is 1.76 bits per heavy atom. The predicted molar refractivity (Wildman–Crippen MR) is 101 cm³/mol. The number of hydrogen-bond acceptors (Lipinski definition) is 4. The molecule has 0 unspecified atom stereocenters. The van der Waals surface area contributed by atoms with Crippen molar-refractivity contribution in [3.05, 3.63) is 47.5 Å².